The van der Waals surface area contributed by atoms with Crippen LogP contribution in [0.25, 0.3) is 10.2 Å². The molecule has 146 valence electrons. The molecule has 0 radical (unpaired) electrons. The number of anilines is 1. The molecule has 1 N–H and O–H groups in total. The van der Waals surface area contributed by atoms with E-state index in [-0.39, 0.29) is 12.1 Å². The number of nitrogens with zero attached hydrogens (tertiary/aromatic N) is 2. The first-order chi connectivity index (χ1) is 13.7. The van der Waals surface area contributed by atoms with E-state index in [0.29, 0.717) is 23.7 Å². The van der Waals surface area contributed by atoms with Gasteiger partial charge in [0.15, 0.2) is 0 Å². The Morgan fingerprint density at radius 3 is 2.61 bits per heavy atom. The maximum absolute atomic E-state index is 13.1. The van der Waals surface area contributed by atoms with Crippen molar-refractivity contribution in [1.29, 1.82) is 0 Å². The number of hydrogen-bond donors (Lipinski definition) is 1. The summed E-state index contributed by atoms with van der Waals surface area (Å²) in [5.74, 6) is 1.27. The van der Waals surface area contributed by atoms with Crippen molar-refractivity contribution in [2.75, 3.05) is 26.1 Å². The highest BCUT2D eigenvalue weighted by molar-refractivity contribution is 7.18. The Hall–Kier alpha value is -2.80. The number of fused-ring (bicyclic) bond motifs is 1. The van der Waals surface area contributed by atoms with Crippen LogP contribution in [0, 0.1) is 0 Å². The molecule has 1 fully saturated rings. The fourth-order valence-electron chi connectivity index (χ4n) is 3.54. The fourth-order valence-corrected chi connectivity index (χ4v) is 4.65. The molecule has 1 saturated heterocycles. The van der Waals surface area contributed by atoms with Gasteiger partial charge in [0.2, 0.25) is 0 Å². The van der Waals surface area contributed by atoms with Gasteiger partial charge in [0.05, 0.1) is 30.5 Å². The summed E-state index contributed by atoms with van der Waals surface area (Å²) in [5, 5.41) is 4.00. The summed E-state index contributed by atoms with van der Waals surface area (Å²) in [4.78, 5) is 19.8. The van der Waals surface area contributed by atoms with Crippen molar-refractivity contribution in [3.63, 3.8) is 0 Å². The number of ether oxygens (including phenoxy) is 2. The normalized spacial score (nSPS) is 16.8. The number of aromatic nitrogens is 1. The molecular weight excluding hydrogens is 374 g/mol. The molecule has 1 aliphatic heterocycles. The predicted molar refractivity (Wildman–Crippen MR) is 111 cm³/mol. The van der Waals surface area contributed by atoms with E-state index in [1.54, 1.807) is 43.8 Å². The Bertz CT molecular complexity index is 933. The number of hydrogen-bond acceptors (Lipinski definition) is 5. The van der Waals surface area contributed by atoms with Crippen molar-refractivity contribution in [3.05, 3.63) is 47.5 Å². The van der Waals surface area contributed by atoms with E-state index in [1.807, 2.05) is 23.1 Å². The average molecular weight is 398 g/mol. The van der Waals surface area contributed by atoms with Crippen LogP contribution < -0.4 is 14.8 Å². The minimum Gasteiger partial charge on any atom is -0.497 e. The number of likely N-dealkylation sites (tertiary alicyclic amines) is 1. The second-order valence-electron chi connectivity index (χ2n) is 6.76. The smallest absolute Gasteiger partial charge is 0.322 e. The SMILES string of the molecule is COc1cc(NC(=O)N2CCCC[C@@H]2c2nc3ccccc3s2)cc(OC)c1. The third-order valence-corrected chi connectivity index (χ3v) is 6.10. The molecular formula is C21H23N3O3S. The van der Waals surface area contributed by atoms with Crippen molar-refractivity contribution in [2.24, 2.45) is 0 Å². The van der Waals surface area contributed by atoms with Crippen molar-refractivity contribution < 1.29 is 14.3 Å². The molecule has 3 aromatic rings. The lowest BCUT2D eigenvalue weighted by molar-refractivity contribution is 0.163. The molecule has 28 heavy (non-hydrogen) atoms. The summed E-state index contributed by atoms with van der Waals surface area (Å²) in [6, 6.07) is 13.3. The molecule has 0 saturated carbocycles. The van der Waals surface area contributed by atoms with Crippen molar-refractivity contribution in [1.82, 2.24) is 9.88 Å². The zero-order valence-electron chi connectivity index (χ0n) is 16.0. The monoisotopic (exact) mass is 397 g/mol. The zero-order valence-corrected chi connectivity index (χ0v) is 16.8. The summed E-state index contributed by atoms with van der Waals surface area (Å²) in [7, 11) is 3.18. The molecule has 0 spiro atoms. The van der Waals surface area contributed by atoms with Crippen molar-refractivity contribution in [3.8, 4) is 11.5 Å². The van der Waals surface area contributed by atoms with Crippen LogP contribution in [0.4, 0.5) is 10.5 Å². The molecule has 2 aromatic carbocycles. The Balaban J connectivity index is 1.58. The quantitative estimate of drug-likeness (QED) is 0.667. The van der Waals surface area contributed by atoms with Gasteiger partial charge >= 0.3 is 6.03 Å². The van der Waals surface area contributed by atoms with Crippen molar-refractivity contribution in [2.45, 2.75) is 25.3 Å². The average Bonchev–Trinajstić information content (AvgIpc) is 3.17. The van der Waals surface area contributed by atoms with Crippen LogP contribution >= 0.6 is 11.3 Å². The summed E-state index contributed by atoms with van der Waals surface area (Å²) < 4.78 is 11.7. The molecule has 7 heteroatoms. The lowest BCUT2D eigenvalue weighted by Gasteiger charge is -2.34. The van der Waals surface area contributed by atoms with E-state index in [2.05, 4.69) is 11.4 Å². The van der Waals surface area contributed by atoms with Gasteiger partial charge in [-0.05, 0) is 31.4 Å². The highest BCUT2D eigenvalue weighted by Gasteiger charge is 2.30. The minimum absolute atomic E-state index is 0.00125. The predicted octanol–water partition coefficient (Wildman–Crippen LogP) is 5.07. The van der Waals surface area contributed by atoms with Gasteiger partial charge in [0, 0.05) is 30.4 Å². The number of amides is 2. The van der Waals surface area contributed by atoms with Gasteiger partial charge in [0.1, 0.15) is 16.5 Å². The summed E-state index contributed by atoms with van der Waals surface area (Å²) in [6.45, 7) is 0.716. The van der Waals surface area contributed by atoms with Crippen LogP contribution in [0.1, 0.15) is 30.3 Å². The van der Waals surface area contributed by atoms with Gasteiger partial charge in [0.25, 0.3) is 0 Å². The number of benzene rings is 2. The molecule has 1 atom stereocenters. The topological polar surface area (TPSA) is 63.7 Å². The first-order valence-electron chi connectivity index (χ1n) is 9.34. The Morgan fingerprint density at radius 1 is 1.14 bits per heavy atom. The molecule has 0 unspecified atom stereocenters. The molecule has 1 aromatic heterocycles. The van der Waals surface area contributed by atoms with Gasteiger partial charge in [-0.15, -0.1) is 11.3 Å². The van der Waals surface area contributed by atoms with Crippen LogP contribution in [0.2, 0.25) is 0 Å². The Kier molecular flexibility index (Phi) is 5.34. The Morgan fingerprint density at radius 2 is 1.89 bits per heavy atom. The highest BCUT2D eigenvalue weighted by Crippen LogP contribution is 2.36. The number of piperidine rings is 1. The Labute approximate surface area is 168 Å². The molecule has 6 nitrogen and oxygen atoms in total. The lowest BCUT2D eigenvalue weighted by Crippen LogP contribution is -2.41. The van der Waals surface area contributed by atoms with Crippen molar-refractivity contribution >= 4 is 33.3 Å². The number of para-hydroxylation sites is 1. The minimum atomic E-state index is -0.126. The van der Waals surface area contributed by atoms with Gasteiger partial charge in [-0.3, -0.25) is 0 Å². The number of nitrogens with one attached hydrogen (secondary N) is 1. The molecule has 0 aliphatic carbocycles. The van der Waals surface area contributed by atoms with Gasteiger partial charge < -0.3 is 19.7 Å². The van der Waals surface area contributed by atoms with Gasteiger partial charge in [-0.25, -0.2) is 9.78 Å². The highest BCUT2D eigenvalue weighted by atomic mass is 32.1. The maximum Gasteiger partial charge on any atom is 0.322 e. The molecule has 1 aliphatic rings. The second-order valence-corrected chi connectivity index (χ2v) is 7.82. The number of carbonyl (C=O) groups excluding carboxylic acids is 1. The molecule has 2 amide bonds. The number of urea groups is 1. The number of methoxy groups -OCH3 is 2. The summed E-state index contributed by atoms with van der Waals surface area (Å²) in [6.07, 6.45) is 3.02. The molecule has 4 rings (SSSR count). The van der Waals surface area contributed by atoms with E-state index in [9.17, 15) is 4.79 Å². The second kappa shape index (κ2) is 8.06. The van der Waals surface area contributed by atoms with Gasteiger partial charge in [-0.2, -0.15) is 0 Å². The van der Waals surface area contributed by atoms with E-state index in [4.69, 9.17) is 14.5 Å². The van der Waals surface area contributed by atoms with Crippen LogP contribution in [-0.2, 0) is 0 Å². The van der Waals surface area contributed by atoms with E-state index in [0.717, 1.165) is 34.5 Å². The maximum atomic E-state index is 13.1. The largest absolute Gasteiger partial charge is 0.497 e. The van der Waals surface area contributed by atoms with Crippen LogP contribution in [0.15, 0.2) is 42.5 Å². The molecule has 0 bridgehead atoms. The summed E-state index contributed by atoms with van der Waals surface area (Å²) >= 11 is 1.67. The fraction of sp³-hybridized carbons (Fsp3) is 0.333. The zero-order chi connectivity index (χ0) is 19.5. The molecule has 2 heterocycles. The van der Waals surface area contributed by atoms with Crippen LogP contribution in [0.3, 0.4) is 0 Å². The third-order valence-electron chi connectivity index (χ3n) is 4.96. The lowest BCUT2D eigenvalue weighted by atomic mass is 10.0. The first kappa shape index (κ1) is 18.6. The van der Waals surface area contributed by atoms with Crippen LogP contribution in [0.5, 0.6) is 11.5 Å². The van der Waals surface area contributed by atoms with E-state index in [1.165, 1.54) is 0 Å². The van der Waals surface area contributed by atoms with Crippen LogP contribution in [-0.4, -0.2) is 36.7 Å². The number of thiazole rings is 1. The standard InChI is InChI=1S/C21H23N3O3S/c1-26-15-11-14(12-16(13-15)27-2)22-21(25)24-10-6-5-8-18(24)20-23-17-7-3-4-9-19(17)28-20/h3-4,7,9,11-13,18H,5-6,8,10H2,1-2H3,(H,22,25)/t18-/m1/s1. The number of rotatable bonds is 4. The van der Waals surface area contributed by atoms with Gasteiger partial charge in [-0.1, -0.05) is 12.1 Å². The summed E-state index contributed by atoms with van der Waals surface area (Å²) in [5.41, 5.74) is 1.64. The number of carbonyl (C=O) groups is 1. The van der Waals surface area contributed by atoms with E-state index < -0.39 is 0 Å². The first-order valence-corrected chi connectivity index (χ1v) is 10.2. The van der Waals surface area contributed by atoms with E-state index >= 15 is 0 Å². The third kappa shape index (κ3) is 3.75.